The minimum absolute atomic E-state index is 0.0970. The van der Waals surface area contributed by atoms with Gasteiger partial charge < -0.3 is 14.6 Å². The normalized spacial score (nSPS) is 14.2. The second-order valence-corrected chi connectivity index (χ2v) is 5.53. The highest BCUT2D eigenvalue weighted by Crippen LogP contribution is 2.20. The van der Waals surface area contributed by atoms with Crippen molar-refractivity contribution in [2.45, 2.75) is 32.4 Å². The summed E-state index contributed by atoms with van der Waals surface area (Å²) in [4.78, 5) is 12.1. The lowest BCUT2D eigenvalue weighted by molar-refractivity contribution is 0.414. The molecule has 0 amide bonds. The van der Waals surface area contributed by atoms with Gasteiger partial charge in [0.05, 0.1) is 7.11 Å². The van der Waals surface area contributed by atoms with E-state index in [4.69, 9.17) is 4.74 Å². The van der Waals surface area contributed by atoms with Crippen LogP contribution in [0.2, 0.25) is 0 Å². The van der Waals surface area contributed by atoms with Crippen LogP contribution in [-0.2, 0) is 6.54 Å². The average Bonchev–Trinajstić information content (AvgIpc) is 3.30. The topological polar surface area (TPSA) is 43.3 Å². The van der Waals surface area contributed by atoms with Crippen LogP contribution in [0.1, 0.15) is 24.1 Å². The van der Waals surface area contributed by atoms with Gasteiger partial charge in [0.1, 0.15) is 5.75 Å². The van der Waals surface area contributed by atoms with E-state index in [2.05, 4.69) is 5.32 Å². The summed E-state index contributed by atoms with van der Waals surface area (Å²) >= 11 is 0. The van der Waals surface area contributed by atoms with E-state index >= 15 is 0 Å². The molecule has 1 aliphatic carbocycles. The molecule has 0 radical (unpaired) electrons. The molecule has 0 bridgehead atoms. The van der Waals surface area contributed by atoms with Crippen molar-refractivity contribution in [2.24, 2.45) is 0 Å². The fourth-order valence-electron chi connectivity index (χ4n) is 2.39. The monoisotopic (exact) mass is 284 g/mol. The molecule has 4 nitrogen and oxygen atoms in total. The van der Waals surface area contributed by atoms with Crippen LogP contribution in [0.5, 0.6) is 5.75 Å². The number of aryl methyl sites for hydroxylation is 1. The number of pyridine rings is 1. The fourth-order valence-corrected chi connectivity index (χ4v) is 2.39. The third kappa shape index (κ3) is 3.16. The molecule has 1 heterocycles. The Bertz CT molecular complexity index is 702. The van der Waals surface area contributed by atoms with Crippen LogP contribution in [0.4, 0.5) is 0 Å². The molecule has 3 rings (SSSR count). The van der Waals surface area contributed by atoms with Crippen molar-refractivity contribution in [3.05, 3.63) is 58.0 Å². The third-order valence-electron chi connectivity index (χ3n) is 3.81. The van der Waals surface area contributed by atoms with E-state index in [-0.39, 0.29) is 5.43 Å². The summed E-state index contributed by atoms with van der Waals surface area (Å²) in [6.07, 6.45) is 4.37. The number of nitrogens with one attached hydrogen (secondary N) is 1. The molecule has 1 aromatic carbocycles. The van der Waals surface area contributed by atoms with Gasteiger partial charge >= 0.3 is 0 Å². The number of hydrogen-bond acceptors (Lipinski definition) is 3. The van der Waals surface area contributed by atoms with Gasteiger partial charge in [-0.2, -0.15) is 0 Å². The second-order valence-electron chi connectivity index (χ2n) is 5.53. The number of methoxy groups -OCH3 is 1. The first kappa shape index (κ1) is 13.9. The molecule has 1 aromatic heterocycles. The van der Waals surface area contributed by atoms with Crippen molar-refractivity contribution in [1.29, 1.82) is 0 Å². The third-order valence-corrected chi connectivity index (χ3v) is 3.81. The lowest BCUT2D eigenvalue weighted by atomic mass is 10.2. The van der Waals surface area contributed by atoms with E-state index in [1.54, 1.807) is 13.2 Å². The summed E-state index contributed by atoms with van der Waals surface area (Å²) in [7, 11) is 1.66. The molecule has 1 N–H and O–H groups in total. The fraction of sp³-hybridized carbons (Fsp3) is 0.353. The van der Waals surface area contributed by atoms with Crippen molar-refractivity contribution in [2.75, 3.05) is 7.11 Å². The Kier molecular flexibility index (Phi) is 3.80. The molecule has 0 unspecified atom stereocenters. The molecular formula is C17H20N2O2. The van der Waals surface area contributed by atoms with Crippen molar-refractivity contribution in [3.8, 4) is 11.4 Å². The highest BCUT2D eigenvalue weighted by atomic mass is 16.5. The molecule has 21 heavy (non-hydrogen) atoms. The SMILES string of the molecule is COc1cccc(-n2cc(CNC3CC3)c(=O)cc2C)c1. The lowest BCUT2D eigenvalue weighted by Crippen LogP contribution is -2.22. The Morgan fingerprint density at radius 1 is 1.33 bits per heavy atom. The zero-order valence-corrected chi connectivity index (χ0v) is 12.4. The number of nitrogens with zero attached hydrogens (tertiary/aromatic N) is 1. The van der Waals surface area contributed by atoms with Crippen LogP contribution in [0.25, 0.3) is 5.69 Å². The van der Waals surface area contributed by atoms with Gasteiger partial charge in [0.2, 0.25) is 0 Å². The summed E-state index contributed by atoms with van der Waals surface area (Å²) in [5.41, 5.74) is 2.82. The second kappa shape index (κ2) is 5.74. The molecule has 110 valence electrons. The molecule has 1 aliphatic rings. The molecule has 2 aromatic rings. The first-order chi connectivity index (χ1) is 10.2. The predicted molar refractivity (Wildman–Crippen MR) is 83.2 cm³/mol. The predicted octanol–water partition coefficient (Wildman–Crippen LogP) is 2.41. The van der Waals surface area contributed by atoms with Gasteiger partial charge in [-0.25, -0.2) is 0 Å². The van der Waals surface area contributed by atoms with Crippen LogP contribution in [0.15, 0.2) is 41.3 Å². The molecule has 0 saturated heterocycles. The number of rotatable bonds is 5. The Balaban J connectivity index is 1.95. The molecule has 1 fully saturated rings. The van der Waals surface area contributed by atoms with Gasteiger partial charge in [0, 0.05) is 47.9 Å². The lowest BCUT2D eigenvalue weighted by Gasteiger charge is -2.14. The average molecular weight is 284 g/mol. The van der Waals surface area contributed by atoms with E-state index in [0.717, 1.165) is 22.7 Å². The molecule has 0 aliphatic heterocycles. The van der Waals surface area contributed by atoms with Gasteiger partial charge in [-0.3, -0.25) is 4.79 Å². The number of benzene rings is 1. The largest absolute Gasteiger partial charge is 0.497 e. The van der Waals surface area contributed by atoms with Crippen LogP contribution in [-0.4, -0.2) is 17.7 Å². The molecule has 1 saturated carbocycles. The van der Waals surface area contributed by atoms with Gasteiger partial charge in [-0.05, 0) is 31.9 Å². The van der Waals surface area contributed by atoms with Gasteiger partial charge in [-0.15, -0.1) is 0 Å². The molecule has 0 atom stereocenters. The Labute approximate surface area is 124 Å². The Hall–Kier alpha value is -2.07. The van der Waals surface area contributed by atoms with E-state index < -0.39 is 0 Å². The van der Waals surface area contributed by atoms with Crippen molar-refractivity contribution < 1.29 is 4.74 Å². The number of hydrogen-bond donors (Lipinski definition) is 1. The maximum Gasteiger partial charge on any atom is 0.186 e. The molecular weight excluding hydrogens is 264 g/mol. The van der Waals surface area contributed by atoms with Crippen molar-refractivity contribution >= 4 is 0 Å². The number of ether oxygens (including phenoxy) is 1. The minimum Gasteiger partial charge on any atom is -0.497 e. The van der Waals surface area contributed by atoms with Crippen molar-refractivity contribution in [3.63, 3.8) is 0 Å². The standard InChI is InChI=1S/C17H20N2O2/c1-12-8-17(20)13(10-18-14-6-7-14)11-19(12)15-4-3-5-16(9-15)21-2/h3-5,8-9,11,14,18H,6-7,10H2,1-2H3. The summed E-state index contributed by atoms with van der Waals surface area (Å²) in [6.45, 7) is 2.58. The van der Waals surface area contributed by atoms with Crippen LogP contribution >= 0.6 is 0 Å². The summed E-state index contributed by atoms with van der Waals surface area (Å²) < 4.78 is 7.31. The summed E-state index contributed by atoms with van der Waals surface area (Å²) in [6, 6.07) is 10.1. The summed E-state index contributed by atoms with van der Waals surface area (Å²) in [5.74, 6) is 0.809. The van der Waals surface area contributed by atoms with Gasteiger partial charge in [0.15, 0.2) is 5.43 Å². The van der Waals surface area contributed by atoms with Crippen LogP contribution in [0, 0.1) is 6.92 Å². The zero-order chi connectivity index (χ0) is 14.8. The smallest absolute Gasteiger partial charge is 0.186 e. The Morgan fingerprint density at radius 2 is 2.14 bits per heavy atom. The maximum absolute atomic E-state index is 12.1. The van der Waals surface area contributed by atoms with Crippen molar-refractivity contribution in [1.82, 2.24) is 9.88 Å². The van der Waals surface area contributed by atoms with E-state index in [9.17, 15) is 4.79 Å². The number of aromatic nitrogens is 1. The highest BCUT2D eigenvalue weighted by Gasteiger charge is 2.20. The summed E-state index contributed by atoms with van der Waals surface area (Å²) in [5, 5.41) is 3.40. The van der Waals surface area contributed by atoms with Gasteiger partial charge in [-0.1, -0.05) is 6.07 Å². The van der Waals surface area contributed by atoms with E-state index in [1.807, 2.05) is 42.0 Å². The molecule has 4 heteroatoms. The van der Waals surface area contributed by atoms with E-state index in [0.29, 0.717) is 12.6 Å². The van der Waals surface area contributed by atoms with Crippen LogP contribution < -0.4 is 15.5 Å². The first-order valence-electron chi connectivity index (χ1n) is 7.27. The van der Waals surface area contributed by atoms with Gasteiger partial charge in [0.25, 0.3) is 0 Å². The van der Waals surface area contributed by atoms with E-state index in [1.165, 1.54) is 12.8 Å². The zero-order valence-electron chi connectivity index (χ0n) is 12.4. The quantitative estimate of drug-likeness (QED) is 0.917. The maximum atomic E-state index is 12.1. The first-order valence-corrected chi connectivity index (χ1v) is 7.27. The molecule has 0 spiro atoms. The minimum atomic E-state index is 0.0970. The van der Waals surface area contributed by atoms with Crippen LogP contribution in [0.3, 0.4) is 0 Å². The Morgan fingerprint density at radius 3 is 2.86 bits per heavy atom. The highest BCUT2D eigenvalue weighted by molar-refractivity contribution is 5.41.